The van der Waals surface area contributed by atoms with Crippen molar-refractivity contribution in [3.8, 4) is 0 Å². The summed E-state index contributed by atoms with van der Waals surface area (Å²) in [5, 5.41) is 0. The second-order valence-electron chi connectivity index (χ2n) is 6.61. The molecule has 2 nitrogen and oxygen atoms in total. The number of nitrogens with two attached hydrogens (primary N) is 2. The second kappa shape index (κ2) is 7.35. The van der Waals surface area contributed by atoms with Crippen molar-refractivity contribution in [3.63, 3.8) is 0 Å². The summed E-state index contributed by atoms with van der Waals surface area (Å²) < 4.78 is 79.9. The van der Waals surface area contributed by atoms with E-state index < -0.39 is 29.4 Å². The van der Waals surface area contributed by atoms with Gasteiger partial charge in [-0.1, -0.05) is 24.3 Å². The smallest absolute Gasteiger partial charge is 0.399 e. The summed E-state index contributed by atoms with van der Waals surface area (Å²) in [5.41, 5.74) is 10.3. The summed E-state index contributed by atoms with van der Waals surface area (Å²) in [6.45, 7) is 0. The number of halogens is 6. The lowest BCUT2D eigenvalue weighted by Gasteiger charge is -2.22. The molecule has 0 aliphatic heterocycles. The molecule has 0 amide bonds. The SMILES string of the molecule is Nc1ccc(C(c2ccc(N)cc2)c2cc(C(F)(F)F)cc(C(F)(F)F)c2)cc1. The largest absolute Gasteiger partial charge is 0.416 e. The Balaban J connectivity index is 2.27. The summed E-state index contributed by atoms with van der Waals surface area (Å²) in [6.07, 6.45) is -9.86. The average molecular weight is 410 g/mol. The quantitative estimate of drug-likeness (QED) is 0.313. The highest BCUT2D eigenvalue weighted by molar-refractivity contribution is 5.51. The van der Waals surface area contributed by atoms with Crippen LogP contribution in [0.15, 0.2) is 66.7 Å². The van der Waals surface area contributed by atoms with Crippen LogP contribution < -0.4 is 11.5 Å². The average Bonchev–Trinajstić information content (AvgIpc) is 2.63. The van der Waals surface area contributed by atoms with Gasteiger partial charge in [-0.3, -0.25) is 0 Å². The highest BCUT2D eigenvalue weighted by Crippen LogP contribution is 2.41. The van der Waals surface area contributed by atoms with Crippen LogP contribution in [0, 0.1) is 0 Å². The summed E-state index contributed by atoms with van der Waals surface area (Å²) in [6, 6.07) is 14.1. The van der Waals surface area contributed by atoms with Crippen molar-refractivity contribution < 1.29 is 26.3 Å². The van der Waals surface area contributed by atoms with E-state index >= 15 is 0 Å². The summed E-state index contributed by atoms with van der Waals surface area (Å²) in [7, 11) is 0. The summed E-state index contributed by atoms with van der Waals surface area (Å²) in [4.78, 5) is 0. The molecular weight excluding hydrogens is 394 g/mol. The van der Waals surface area contributed by atoms with E-state index in [0.717, 1.165) is 12.1 Å². The van der Waals surface area contributed by atoms with Gasteiger partial charge in [-0.25, -0.2) is 0 Å². The van der Waals surface area contributed by atoms with Gasteiger partial charge >= 0.3 is 12.4 Å². The molecule has 0 bridgehead atoms. The van der Waals surface area contributed by atoms with Crippen LogP contribution in [0.4, 0.5) is 37.7 Å². The molecule has 0 atom stereocenters. The third-order valence-electron chi connectivity index (χ3n) is 4.48. The van der Waals surface area contributed by atoms with Gasteiger partial charge in [0, 0.05) is 17.3 Å². The maximum absolute atomic E-state index is 13.3. The molecule has 0 saturated heterocycles. The summed E-state index contributed by atoms with van der Waals surface area (Å²) in [5.74, 6) is -0.875. The minimum absolute atomic E-state index is 0.118. The molecule has 0 aromatic heterocycles. The number of rotatable bonds is 3. The lowest BCUT2D eigenvalue weighted by molar-refractivity contribution is -0.143. The van der Waals surface area contributed by atoms with Crippen molar-refractivity contribution in [2.24, 2.45) is 0 Å². The number of hydrogen-bond acceptors (Lipinski definition) is 2. The van der Waals surface area contributed by atoms with Crippen LogP contribution in [0.5, 0.6) is 0 Å². The van der Waals surface area contributed by atoms with E-state index in [9.17, 15) is 26.3 Å². The van der Waals surface area contributed by atoms with E-state index in [1.54, 1.807) is 24.3 Å². The van der Waals surface area contributed by atoms with Gasteiger partial charge in [0.05, 0.1) is 11.1 Å². The fourth-order valence-electron chi connectivity index (χ4n) is 3.10. The highest BCUT2D eigenvalue weighted by Gasteiger charge is 2.37. The fourth-order valence-corrected chi connectivity index (χ4v) is 3.10. The Bertz CT molecular complexity index is 912. The van der Waals surface area contributed by atoms with Crippen LogP contribution in [-0.4, -0.2) is 0 Å². The molecule has 29 heavy (non-hydrogen) atoms. The standard InChI is InChI=1S/C21H16F6N2/c22-20(23,24)15-9-14(10-16(11-15)21(25,26)27)19(12-1-5-17(28)6-2-12)13-3-7-18(29)8-4-13/h1-11,19H,28-29H2. The van der Waals surface area contributed by atoms with Crippen molar-refractivity contribution in [2.75, 3.05) is 11.5 Å². The van der Waals surface area contributed by atoms with Gasteiger partial charge in [-0.2, -0.15) is 26.3 Å². The van der Waals surface area contributed by atoms with E-state index in [0.29, 0.717) is 22.5 Å². The first-order chi connectivity index (χ1) is 13.4. The van der Waals surface area contributed by atoms with Gasteiger partial charge in [0.25, 0.3) is 0 Å². The first-order valence-corrected chi connectivity index (χ1v) is 8.45. The Labute approximate surface area is 162 Å². The predicted octanol–water partition coefficient (Wildman–Crippen LogP) is 6.07. The molecule has 3 rings (SSSR count). The number of anilines is 2. The normalized spacial score (nSPS) is 12.4. The second-order valence-corrected chi connectivity index (χ2v) is 6.61. The minimum atomic E-state index is -4.93. The maximum Gasteiger partial charge on any atom is 0.416 e. The zero-order valence-corrected chi connectivity index (χ0v) is 14.9. The first-order valence-electron chi connectivity index (χ1n) is 8.45. The molecule has 0 aliphatic carbocycles. The number of alkyl halides is 6. The molecule has 0 spiro atoms. The third-order valence-corrected chi connectivity index (χ3v) is 4.48. The van der Waals surface area contributed by atoms with Crippen LogP contribution in [0.25, 0.3) is 0 Å². The van der Waals surface area contributed by atoms with Gasteiger partial charge in [-0.15, -0.1) is 0 Å². The Hall–Kier alpha value is -3.16. The summed E-state index contributed by atoms with van der Waals surface area (Å²) >= 11 is 0. The van der Waals surface area contributed by atoms with Crippen molar-refractivity contribution in [1.82, 2.24) is 0 Å². The molecule has 0 heterocycles. The molecule has 0 radical (unpaired) electrons. The zero-order valence-electron chi connectivity index (χ0n) is 14.9. The van der Waals surface area contributed by atoms with Gasteiger partial charge in [0.2, 0.25) is 0 Å². The lowest BCUT2D eigenvalue weighted by atomic mass is 9.83. The molecule has 0 saturated carbocycles. The highest BCUT2D eigenvalue weighted by atomic mass is 19.4. The van der Waals surface area contributed by atoms with Crippen LogP contribution in [0.2, 0.25) is 0 Å². The zero-order chi connectivity index (χ0) is 21.4. The monoisotopic (exact) mass is 410 g/mol. The molecule has 4 N–H and O–H groups in total. The van der Waals surface area contributed by atoms with Gasteiger partial charge < -0.3 is 11.5 Å². The fraction of sp³-hybridized carbons (Fsp3) is 0.143. The van der Waals surface area contributed by atoms with E-state index in [4.69, 9.17) is 11.5 Å². The van der Waals surface area contributed by atoms with E-state index in [1.807, 2.05) is 0 Å². The third kappa shape index (κ3) is 4.64. The molecule has 0 unspecified atom stereocenters. The Morgan fingerprint density at radius 3 is 1.17 bits per heavy atom. The van der Waals surface area contributed by atoms with E-state index in [1.165, 1.54) is 24.3 Å². The van der Waals surface area contributed by atoms with Gasteiger partial charge in [0.1, 0.15) is 0 Å². The Kier molecular flexibility index (Phi) is 5.21. The Morgan fingerprint density at radius 1 is 0.517 bits per heavy atom. The molecule has 152 valence electrons. The van der Waals surface area contributed by atoms with Crippen LogP contribution in [0.1, 0.15) is 33.7 Å². The molecule has 0 aliphatic rings. The van der Waals surface area contributed by atoms with Crippen LogP contribution in [0.3, 0.4) is 0 Å². The molecule has 3 aromatic carbocycles. The van der Waals surface area contributed by atoms with Crippen molar-refractivity contribution >= 4 is 11.4 Å². The molecule has 3 aromatic rings. The molecule has 8 heteroatoms. The van der Waals surface area contributed by atoms with Gasteiger partial charge in [0.15, 0.2) is 0 Å². The van der Waals surface area contributed by atoms with E-state index in [2.05, 4.69) is 0 Å². The van der Waals surface area contributed by atoms with Crippen molar-refractivity contribution in [1.29, 1.82) is 0 Å². The van der Waals surface area contributed by atoms with Crippen LogP contribution in [-0.2, 0) is 12.4 Å². The molecular formula is C21H16F6N2. The molecule has 0 fully saturated rings. The predicted molar refractivity (Wildman–Crippen MR) is 99.1 cm³/mol. The topological polar surface area (TPSA) is 52.0 Å². The van der Waals surface area contributed by atoms with Crippen LogP contribution >= 0.6 is 0 Å². The van der Waals surface area contributed by atoms with E-state index in [-0.39, 0.29) is 11.6 Å². The maximum atomic E-state index is 13.3. The number of nitrogen functional groups attached to an aromatic ring is 2. The van der Waals surface area contributed by atoms with Gasteiger partial charge in [-0.05, 0) is 59.2 Å². The Morgan fingerprint density at radius 2 is 0.862 bits per heavy atom. The number of benzene rings is 3. The lowest BCUT2D eigenvalue weighted by Crippen LogP contribution is -2.14. The first kappa shape index (κ1) is 20.6. The van der Waals surface area contributed by atoms with Crippen molar-refractivity contribution in [2.45, 2.75) is 18.3 Å². The number of hydrogen-bond donors (Lipinski definition) is 2. The minimum Gasteiger partial charge on any atom is -0.399 e. The van der Waals surface area contributed by atoms with Crippen molar-refractivity contribution in [3.05, 3.63) is 94.5 Å².